The minimum absolute atomic E-state index is 0.0887. The van der Waals surface area contributed by atoms with E-state index in [2.05, 4.69) is 4.72 Å². The Labute approximate surface area is 161 Å². The van der Waals surface area contributed by atoms with E-state index in [1.165, 1.54) is 12.1 Å². The highest BCUT2D eigenvalue weighted by molar-refractivity contribution is 7.89. The molecule has 7 heteroatoms. The number of carbonyl (C=O) groups excluding carboxylic acids is 1. The van der Waals surface area contributed by atoms with Crippen molar-refractivity contribution in [2.45, 2.75) is 31.3 Å². The van der Waals surface area contributed by atoms with Crippen LogP contribution in [-0.4, -0.2) is 46.4 Å². The molecule has 27 heavy (non-hydrogen) atoms. The molecule has 0 saturated heterocycles. The number of hydrogen-bond acceptors (Lipinski definition) is 4. The number of benzene rings is 2. The first-order valence-electron chi connectivity index (χ1n) is 8.74. The molecule has 0 aliphatic heterocycles. The van der Waals surface area contributed by atoms with Crippen LogP contribution < -0.4 is 9.62 Å². The molecular weight excluding hydrogens is 362 g/mol. The van der Waals surface area contributed by atoms with Gasteiger partial charge in [0.15, 0.2) is 0 Å². The molecule has 2 aromatic carbocycles. The molecule has 0 unspecified atom stereocenters. The monoisotopic (exact) mass is 389 g/mol. The van der Waals surface area contributed by atoms with Crippen molar-refractivity contribution in [3.05, 3.63) is 59.7 Å². The summed E-state index contributed by atoms with van der Waals surface area (Å²) in [6, 6.07) is 13.8. The molecule has 1 N–H and O–H groups in total. The molecule has 0 aliphatic carbocycles. The van der Waals surface area contributed by atoms with Gasteiger partial charge in [0.05, 0.1) is 4.90 Å². The summed E-state index contributed by atoms with van der Waals surface area (Å²) in [7, 11) is 2.01. The smallest absolute Gasteiger partial charge is 0.253 e. The molecule has 0 spiro atoms. The second-order valence-electron chi connectivity index (χ2n) is 7.03. The highest BCUT2D eigenvalue weighted by Crippen LogP contribution is 2.16. The van der Waals surface area contributed by atoms with Gasteiger partial charge in [-0.25, -0.2) is 13.1 Å². The van der Waals surface area contributed by atoms with Crippen molar-refractivity contribution >= 4 is 21.6 Å². The molecular formula is C20H27N3O3S. The maximum Gasteiger partial charge on any atom is 0.253 e. The van der Waals surface area contributed by atoms with Crippen LogP contribution in [0.5, 0.6) is 0 Å². The molecule has 0 aliphatic rings. The third-order valence-corrected chi connectivity index (χ3v) is 5.66. The number of amides is 1. The largest absolute Gasteiger partial charge is 0.378 e. The predicted molar refractivity (Wildman–Crippen MR) is 108 cm³/mol. The van der Waals surface area contributed by atoms with Crippen molar-refractivity contribution in [2.75, 3.05) is 26.0 Å². The Balaban J connectivity index is 2.16. The maximum absolute atomic E-state index is 12.7. The van der Waals surface area contributed by atoms with Gasteiger partial charge in [-0.05, 0) is 49.7 Å². The van der Waals surface area contributed by atoms with Crippen LogP contribution in [0.4, 0.5) is 5.69 Å². The van der Waals surface area contributed by atoms with Crippen LogP contribution in [0.25, 0.3) is 0 Å². The Hall–Kier alpha value is -2.38. The summed E-state index contributed by atoms with van der Waals surface area (Å²) in [5, 5.41) is 0. The Kier molecular flexibility index (Phi) is 6.62. The molecule has 0 atom stereocenters. The van der Waals surface area contributed by atoms with E-state index >= 15 is 0 Å². The molecule has 1 amide bonds. The van der Waals surface area contributed by atoms with E-state index in [1.54, 1.807) is 37.9 Å². The third kappa shape index (κ3) is 5.55. The fourth-order valence-corrected chi connectivity index (χ4v) is 3.94. The second-order valence-corrected chi connectivity index (χ2v) is 8.74. The van der Waals surface area contributed by atoms with Crippen molar-refractivity contribution in [2.24, 2.45) is 0 Å². The van der Waals surface area contributed by atoms with Crippen molar-refractivity contribution in [1.82, 2.24) is 9.62 Å². The highest BCUT2D eigenvalue weighted by atomic mass is 32.2. The number of hydrogen-bond donors (Lipinski definition) is 1. The third-order valence-electron chi connectivity index (χ3n) is 4.00. The lowest BCUT2D eigenvalue weighted by Gasteiger charge is -2.19. The summed E-state index contributed by atoms with van der Waals surface area (Å²) in [4.78, 5) is 16.4. The number of carbonyl (C=O) groups is 1. The van der Waals surface area contributed by atoms with E-state index in [1.807, 2.05) is 43.3 Å². The molecule has 2 aromatic rings. The minimum Gasteiger partial charge on any atom is -0.378 e. The van der Waals surface area contributed by atoms with Crippen LogP contribution in [0.1, 0.15) is 29.8 Å². The first-order chi connectivity index (χ1) is 12.6. The van der Waals surface area contributed by atoms with Crippen LogP contribution in [0.3, 0.4) is 0 Å². The summed E-state index contributed by atoms with van der Waals surface area (Å²) in [5.41, 5.74) is 2.43. The number of rotatable bonds is 7. The van der Waals surface area contributed by atoms with Crippen LogP contribution in [-0.2, 0) is 16.6 Å². The molecule has 0 aromatic heterocycles. The van der Waals surface area contributed by atoms with E-state index in [0.717, 1.165) is 11.3 Å². The number of nitrogens with zero attached hydrogens (tertiary/aromatic N) is 2. The molecule has 0 radical (unpaired) electrons. The van der Waals surface area contributed by atoms with Crippen molar-refractivity contribution < 1.29 is 13.2 Å². The average molecular weight is 390 g/mol. The zero-order valence-electron chi connectivity index (χ0n) is 16.4. The summed E-state index contributed by atoms with van der Waals surface area (Å²) in [5.74, 6) is -0.228. The van der Waals surface area contributed by atoms with Crippen LogP contribution in [0, 0.1) is 0 Å². The molecule has 6 nitrogen and oxygen atoms in total. The van der Waals surface area contributed by atoms with Gasteiger partial charge in [0.2, 0.25) is 10.0 Å². The maximum atomic E-state index is 12.7. The summed E-state index contributed by atoms with van der Waals surface area (Å²) in [6.45, 7) is 3.94. The summed E-state index contributed by atoms with van der Waals surface area (Å²) < 4.78 is 27.2. The molecule has 2 rings (SSSR count). The standard InChI is InChI=1S/C20H27N3O3S/c1-15(2)21-27(25,26)19-8-6-7-17(13-19)20(24)23(5)14-16-9-11-18(12-10-16)22(3)4/h6-13,15,21H,14H2,1-5H3. The lowest BCUT2D eigenvalue weighted by molar-refractivity contribution is 0.0785. The summed E-state index contributed by atoms with van der Waals surface area (Å²) in [6.07, 6.45) is 0. The Bertz CT molecular complexity index is 891. The van der Waals surface area contributed by atoms with Gasteiger partial charge in [-0.3, -0.25) is 4.79 Å². The van der Waals surface area contributed by atoms with E-state index in [-0.39, 0.29) is 16.8 Å². The lowest BCUT2D eigenvalue weighted by atomic mass is 10.1. The quantitative estimate of drug-likeness (QED) is 0.790. The van der Waals surface area contributed by atoms with E-state index in [0.29, 0.717) is 12.1 Å². The minimum atomic E-state index is -3.64. The zero-order valence-corrected chi connectivity index (χ0v) is 17.2. The SMILES string of the molecule is CC(C)NS(=O)(=O)c1cccc(C(=O)N(C)Cc2ccc(N(C)C)cc2)c1. The van der Waals surface area contributed by atoms with E-state index in [4.69, 9.17) is 0 Å². The molecule has 0 heterocycles. The fourth-order valence-electron chi connectivity index (χ4n) is 2.64. The predicted octanol–water partition coefficient (Wildman–Crippen LogP) is 2.71. The van der Waals surface area contributed by atoms with Crippen molar-refractivity contribution in [1.29, 1.82) is 0 Å². The zero-order chi connectivity index (χ0) is 20.2. The van der Waals surface area contributed by atoms with Gasteiger partial charge in [0, 0.05) is 45.0 Å². The van der Waals surface area contributed by atoms with Gasteiger partial charge in [-0.15, -0.1) is 0 Å². The van der Waals surface area contributed by atoms with E-state index in [9.17, 15) is 13.2 Å². The van der Waals surface area contributed by atoms with Crippen molar-refractivity contribution in [3.63, 3.8) is 0 Å². The first kappa shape index (κ1) is 20.9. The average Bonchev–Trinajstić information content (AvgIpc) is 2.60. The van der Waals surface area contributed by atoms with Crippen LogP contribution >= 0.6 is 0 Å². The fraction of sp³-hybridized carbons (Fsp3) is 0.350. The molecule has 0 bridgehead atoms. The summed E-state index contributed by atoms with van der Waals surface area (Å²) >= 11 is 0. The normalized spacial score (nSPS) is 11.5. The van der Waals surface area contributed by atoms with Gasteiger partial charge < -0.3 is 9.80 Å². The topological polar surface area (TPSA) is 69.7 Å². The molecule has 0 fully saturated rings. The Morgan fingerprint density at radius 1 is 1.04 bits per heavy atom. The van der Waals surface area contributed by atoms with Gasteiger partial charge in [0.25, 0.3) is 5.91 Å². The number of nitrogens with one attached hydrogen (secondary N) is 1. The van der Waals surface area contributed by atoms with Crippen LogP contribution in [0.2, 0.25) is 0 Å². The Morgan fingerprint density at radius 3 is 2.22 bits per heavy atom. The second kappa shape index (κ2) is 8.54. The van der Waals surface area contributed by atoms with Gasteiger partial charge >= 0.3 is 0 Å². The first-order valence-corrected chi connectivity index (χ1v) is 10.2. The molecule has 0 saturated carbocycles. The van der Waals surface area contributed by atoms with Gasteiger partial charge in [-0.2, -0.15) is 0 Å². The molecule has 146 valence electrons. The number of anilines is 1. The van der Waals surface area contributed by atoms with Crippen LogP contribution in [0.15, 0.2) is 53.4 Å². The van der Waals surface area contributed by atoms with Gasteiger partial charge in [0.1, 0.15) is 0 Å². The lowest BCUT2D eigenvalue weighted by Crippen LogP contribution is -2.31. The van der Waals surface area contributed by atoms with Gasteiger partial charge in [-0.1, -0.05) is 18.2 Å². The van der Waals surface area contributed by atoms with Crippen molar-refractivity contribution in [3.8, 4) is 0 Å². The Morgan fingerprint density at radius 2 is 1.67 bits per heavy atom. The number of sulfonamides is 1. The highest BCUT2D eigenvalue weighted by Gasteiger charge is 2.19. The van der Waals surface area contributed by atoms with E-state index < -0.39 is 10.0 Å².